The molecule has 1 fully saturated rings. The molecule has 4 rings (SSSR count). The van der Waals surface area contributed by atoms with Crippen LogP contribution in [-0.2, 0) is 9.53 Å². The third kappa shape index (κ3) is 4.64. The minimum Gasteiger partial charge on any atom is -0.494 e. The third-order valence-electron chi connectivity index (χ3n) is 4.79. The molecular weight excluding hydrogens is 447 g/mol. The molecule has 9 heteroatoms. The number of hydrogen-bond donors (Lipinski definition) is 0. The van der Waals surface area contributed by atoms with E-state index in [4.69, 9.17) is 37.4 Å². The van der Waals surface area contributed by atoms with E-state index in [1.165, 1.54) is 11.3 Å². The van der Waals surface area contributed by atoms with E-state index < -0.39 is 0 Å². The predicted molar refractivity (Wildman–Crippen MR) is 119 cm³/mol. The van der Waals surface area contributed by atoms with Gasteiger partial charge in [-0.2, -0.15) is 0 Å². The maximum Gasteiger partial charge on any atom is 0.266 e. The topological polar surface area (TPSA) is 60.9 Å². The van der Waals surface area contributed by atoms with Crippen LogP contribution in [0.2, 0.25) is 10.0 Å². The van der Waals surface area contributed by atoms with E-state index in [9.17, 15) is 4.79 Å². The normalized spacial score (nSPS) is 16.0. The Kier molecular flexibility index (Phi) is 6.63. The first kappa shape index (κ1) is 21.2. The Morgan fingerprint density at radius 3 is 2.77 bits per heavy atom. The van der Waals surface area contributed by atoms with Crippen molar-refractivity contribution in [1.29, 1.82) is 0 Å². The van der Waals surface area contributed by atoms with Crippen molar-refractivity contribution in [3.63, 3.8) is 0 Å². The maximum atomic E-state index is 13.1. The molecule has 1 saturated heterocycles. The van der Waals surface area contributed by atoms with Gasteiger partial charge in [-0.3, -0.25) is 9.69 Å². The predicted octanol–water partition coefficient (Wildman–Crippen LogP) is 5.20. The number of ether oxygens (including phenoxy) is 3. The van der Waals surface area contributed by atoms with Crippen molar-refractivity contribution in [2.75, 3.05) is 31.8 Å². The van der Waals surface area contributed by atoms with Crippen LogP contribution in [0.25, 0.3) is 10.2 Å². The fourth-order valence-electron chi connectivity index (χ4n) is 3.25. The number of rotatable bonds is 7. The van der Waals surface area contributed by atoms with Crippen molar-refractivity contribution in [3.05, 3.63) is 46.4 Å². The second kappa shape index (κ2) is 9.39. The molecule has 2 heterocycles. The standard InChI is InChI=1S/C21H20Cl2N2O4S/c1-27-17-9-8-16(23)20-19(17)24-21(30-20)25(11-15-3-2-10-28-15)18(26)12-29-14-6-4-13(22)5-7-14/h4-9,15H,2-3,10-12H2,1H3. The van der Waals surface area contributed by atoms with Crippen molar-refractivity contribution < 1.29 is 19.0 Å². The van der Waals surface area contributed by atoms with Gasteiger partial charge in [0.05, 0.1) is 29.5 Å². The van der Waals surface area contributed by atoms with Gasteiger partial charge in [0.15, 0.2) is 11.7 Å². The number of carbonyl (C=O) groups is 1. The Morgan fingerprint density at radius 1 is 1.27 bits per heavy atom. The van der Waals surface area contributed by atoms with Crippen LogP contribution in [-0.4, -0.2) is 43.9 Å². The van der Waals surface area contributed by atoms with E-state index in [0.29, 0.717) is 45.3 Å². The molecule has 158 valence electrons. The molecule has 6 nitrogen and oxygen atoms in total. The van der Waals surface area contributed by atoms with E-state index in [0.717, 1.165) is 17.5 Å². The van der Waals surface area contributed by atoms with Gasteiger partial charge in [0.2, 0.25) is 0 Å². The van der Waals surface area contributed by atoms with E-state index in [1.807, 2.05) is 0 Å². The largest absolute Gasteiger partial charge is 0.494 e. The molecular formula is C21H20Cl2N2O4S. The Hall–Kier alpha value is -2.06. The summed E-state index contributed by atoms with van der Waals surface area (Å²) in [6, 6.07) is 10.4. The van der Waals surface area contributed by atoms with Crippen molar-refractivity contribution >= 4 is 55.8 Å². The first-order chi connectivity index (χ1) is 14.5. The summed E-state index contributed by atoms with van der Waals surface area (Å²) in [5.74, 6) is 0.965. The first-order valence-electron chi connectivity index (χ1n) is 9.48. The number of thiazole rings is 1. The van der Waals surface area contributed by atoms with Crippen LogP contribution < -0.4 is 14.4 Å². The number of amides is 1. The zero-order valence-corrected chi connectivity index (χ0v) is 18.6. The van der Waals surface area contributed by atoms with E-state index >= 15 is 0 Å². The molecule has 1 aliphatic heterocycles. The molecule has 0 spiro atoms. The minimum absolute atomic E-state index is 0.0335. The Balaban J connectivity index is 1.60. The summed E-state index contributed by atoms with van der Waals surface area (Å²) in [6.07, 6.45) is 1.85. The van der Waals surface area contributed by atoms with Gasteiger partial charge in [0, 0.05) is 11.6 Å². The smallest absolute Gasteiger partial charge is 0.266 e. The molecule has 0 bridgehead atoms. The number of methoxy groups -OCH3 is 1. The quantitative estimate of drug-likeness (QED) is 0.478. The number of halogens is 2. The highest BCUT2D eigenvalue weighted by molar-refractivity contribution is 7.23. The number of nitrogens with zero attached hydrogens (tertiary/aromatic N) is 2. The highest BCUT2D eigenvalue weighted by atomic mass is 35.5. The number of fused-ring (bicyclic) bond motifs is 1. The molecule has 1 aliphatic rings. The molecule has 0 saturated carbocycles. The Labute approximate surface area is 188 Å². The van der Waals surface area contributed by atoms with Crippen LogP contribution in [0.4, 0.5) is 5.13 Å². The molecule has 1 amide bonds. The van der Waals surface area contributed by atoms with Gasteiger partial charge in [-0.1, -0.05) is 34.5 Å². The van der Waals surface area contributed by atoms with Gasteiger partial charge in [0.1, 0.15) is 17.0 Å². The molecule has 3 aromatic rings. The van der Waals surface area contributed by atoms with Crippen molar-refractivity contribution in [1.82, 2.24) is 4.98 Å². The van der Waals surface area contributed by atoms with Gasteiger partial charge in [-0.05, 0) is 49.2 Å². The second-order valence-corrected chi connectivity index (χ2v) is 8.63. The highest BCUT2D eigenvalue weighted by Gasteiger charge is 2.27. The van der Waals surface area contributed by atoms with Crippen molar-refractivity contribution in [3.8, 4) is 11.5 Å². The zero-order chi connectivity index (χ0) is 21.1. The molecule has 1 aromatic heterocycles. The number of hydrogen-bond acceptors (Lipinski definition) is 6. The summed E-state index contributed by atoms with van der Waals surface area (Å²) in [4.78, 5) is 19.4. The molecule has 0 aliphatic carbocycles. The van der Waals surface area contributed by atoms with Crippen LogP contribution in [0.15, 0.2) is 36.4 Å². The van der Waals surface area contributed by atoms with E-state index in [1.54, 1.807) is 48.4 Å². The molecule has 1 unspecified atom stereocenters. The van der Waals surface area contributed by atoms with Crippen LogP contribution in [0.3, 0.4) is 0 Å². The van der Waals surface area contributed by atoms with Gasteiger partial charge in [-0.15, -0.1) is 0 Å². The molecule has 2 aromatic carbocycles. The fraction of sp³-hybridized carbons (Fsp3) is 0.333. The lowest BCUT2D eigenvalue weighted by Gasteiger charge is -2.23. The summed E-state index contributed by atoms with van der Waals surface area (Å²) in [5, 5.41) is 1.71. The second-order valence-electron chi connectivity index (χ2n) is 6.81. The average Bonchev–Trinajstić information content (AvgIpc) is 3.42. The molecule has 1 atom stereocenters. The van der Waals surface area contributed by atoms with Gasteiger partial charge >= 0.3 is 0 Å². The van der Waals surface area contributed by atoms with Crippen LogP contribution in [0, 0.1) is 0 Å². The number of benzene rings is 2. The maximum absolute atomic E-state index is 13.1. The minimum atomic E-state index is -0.213. The number of anilines is 1. The monoisotopic (exact) mass is 466 g/mol. The summed E-state index contributed by atoms with van der Waals surface area (Å²) >= 11 is 13.6. The lowest BCUT2D eigenvalue weighted by Crippen LogP contribution is -2.40. The lowest BCUT2D eigenvalue weighted by atomic mass is 10.2. The molecule has 0 N–H and O–H groups in total. The SMILES string of the molecule is COc1ccc(Cl)c2sc(N(CC3CCCO3)C(=O)COc3ccc(Cl)cc3)nc12. The molecule has 0 radical (unpaired) electrons. The Morgan fingerprint density at radius 2 is 2.07 bits per heavy atom. The summed E-state index contributed by atoms with van der Waals surface area (Å²) in [7, 11) is 1.58. The van der Waals surface area contributed by atoms with Gasteiger partial charge < -0.3 is 14.2 Å². The van der Waals surface area contributed by atoms with Crippen LogP contribution in [0.5, 0.6) is 11.5 Å². The van der Waals surface area contributed by atoms with E-state index in [-0.39, 0.29) is 18.6 Å². The summed E-state index contributed by atoms with van der Waals surface area (Å²) in [6.45, 7) is 0.977. The summed E-state index contributed by atoms with van der Waals surface area (Å²) < 4.78 is 17.6. The highest BCUT2D eigenvalue weighted by Crippen LogP contribution is 2.39. The van der Waals surface area contributed by atoms with E-state index in [2.05, 4.69) is 4.98 Å². The first-order valence-corrected chi connectivity index (χ1v) is 11.1. The zero-order valence-electron chi connectivity index (χ0n) is 16.3. The third-order valence-corrected chi connectivity index (χ3v) is 6.58. The Bertz CT molecular complexity index is 1040. The van der Waals surface area contributed by atoms with Gasteiger partial charge in [0.25, 0.3) is 5.91 Å². The van der Waals surface area contributed by atoms with Crippen molar-refractivity contribution in [2.24, 2.45) is 0 Å². The van der Waals surface area contributed by atoms with Crippen LogP contribution in [0.1, 0.15) is 12.8 Å². The number of aromatic nitrogens is 1. The molecule has 30 heavy (non-hydrogen) atoms. The van der Waals surface area contributed by atoms with Crippen molar-refractivity contribution in [2.45, 2.75) is 18.9 Å². The number of carbonyl (C=O) groups excluding carboxylic acids is 1. The fourth-order valence-corrected chi connectivity index (χ4v) is 4.66. The lowest BCUT2D eigenvalue weighted by molar-refractivity contribution is -0.120. The van der Waals surface area contributed by atoms with Gasteiger partial charge in [-0.25, -0.2) is 4.98 Å². The summed E-state index contributed by atoms with van der Waals surface area (Å²) in [5.41, 5.74) is 0.633. The average molecular weight is 467 g/mol. The van der Waals surface area contributed by atoms with Crippen LogP contribution >= 0.6 is 34.5 Å².